The zero-order chi connectivity index (χ0) is 14.3. The molecule has 1 aromatic heterocycles. The Labute approximate surface area is 126 Å². The summed E-state index contributed by atoms with van der Waals surface area (Å²) >= 11 is 0. The molecule has 1 aliphatic carbocycles. The fraction of sp³-hybridized carbons (Fsp3) is 0.389. The molecule has 3 nitrogen and oxygen atoms in total. The Morgan fingerprint density at radius 1 is 1.10 bits per heavy atom. The molecule has 21 heavy (non-hydrogen) atoms. The van der Waals surface area contributed by atoms with Crippen molar-refractivity contribution in [3.8, 4) is 0 Å². The van der Waals surface area contributed by atoms with Gasteiger partial charge in [-0.15, -0.1) is 0 Å². The summed E-state index contributed by atoms with van der Waals surface area (Å²) in [5.74, 6) is 0. The maximum Gasteiger partial charge on any atom is 0.0949 e. The molecule has 1 unspecified atom stereocenters. The van der Waals surface area contributed by atoms with Gasteiger partial charge in [0, 0.05) is 30.9 Å². The zero-order valence-electron chi connectivity index (χ0n) is 12.2. The minimum atomic E-state index is 0.121. The summed E-state index contributed by atoms with van der Waals surface area (Å²) in [4.78, 5) is 4.34. The van der Waals surface area contributed by atoms with Crippen LogP contribution in [0.3, 0.4) is 0 Å². The number of rotatable bonds is 8. The first-order valence-corrected chi connectivity index (χ1v) is 7.71. The Morgan fingerprint density at radius 3 is 2.62 bits per heavy atom. The summed E-state index contributed by atoms with van der Waals surface area (Å²) in [6, 6.07) is 17.2. The smallest absolute Gasteiger partial charge is 0.0949 e. The molecule has 0 amide bonds. The normalized spacial score (nSPS) is 15.8. The third-order valence-electron chi connectivity index (χ3n) is 3.74. The minimum absolute atomic E-state index is 0.121. The van der Waals surface area contributed by atoms with Gasteiger partial charge in [-0.05, 0) is 30.5 Å². The maximum absolute atomic E-state index is 6.11. The second kappa shape index (κ2) is 7.34. The highest BCUT2D eigenvalue weighted by Gasteiger charge is 2.22. The van der Waals surface area contributed by atoms with Crippen molar-refractivity contribution in [3.05, 3.63) is 66.0 Å². The maximum atomic E-state index is 6.11. The molecule has 2 aromatic rings. The molecular weight excluding hydrogens is 260 g/mol. The van der Waals surface area contributed by atoms with Gasteiger partial charge in [0.15, 0.2) is 0 Å². The predicted molar refractivity (Wildman–Crippen MR) is 84.1 cm³/mol. The van der Waals surface area contributed by atoms with E-state index in [1.54, 1.807) is 0 Å². The lowest BCUT2D eigenvalue weighted by Gasteiger charge is -2.19. The van der Waals surface area contributed by atoms with Gasteiger partial charge in [0.25, 0.3) is 0 Å². The Hall–Kier alpha value is -1.71. The van der Waals surface area contributed by atoms with E-state index >= 15 is 0 Å². The number of nitrogens with one attached hydrogen (secondary N) is 1. The van der Waals surface area contributed by atoms with Gasteiger partial charge in [-0.2, -0.15) is 0 Å². The van der Waals surface area contributed by atoms with E-state index in [-0.39, 0.29) is 6.10 Å². The van der Waals surface area contributed by atoms with Crippen LogP contribution in [-0.2, 0) is 11.2 Å². The highest BCUT2D eigenvalue weighted by atomic mass is 16.5. The summed E-state index contributed by atoms with van der Waals surface area (Å²) in [6.45, 7) is 1.58. The summed E-state index contributed by atoms with van der Waals surface area (Å²) in [7, 11) is 0. The fourth-order valence-electron chi connectivity index (χ4n) is 2.35. The number of hydrogen-bond donors (Lipinski definition) is 1. The summed E-state index contributed by atoms with van der Waals surface area (Å²) in [5, 5.41) is 3.56. The largest absolute Gasteiger partial charge is 0.372 e. The number of nitrogens with zero attached hydrogens (tertiary/aromatic N) is 1. The van der Waals surface area contributed by atoms with Crippen molar-refractivity contribution < 1.29 is 4.74 Å². The van der Waals surface area contributed by atoms with Crippen LogP contribution >= 0.6 is 0 Å². The van der Waals surface area contributed by atoms with Crippen molar-refractivity contribution in [1.29, 1.82) is 0 Å². The summed E-state index contributed by atoms with van der Waals surface area (Å²) < 4.78 is 6.11. The molecule has 0 spiro atoms. The average molecular weight is 282 g/mol. The van der Waals surface area contributed by atoms with E-state index in [1.807, 2.05) is 30.5 Å². The molecule has 110 valence electrons. The van der Waals surface area contributed by atoms with Crippen molar-refractivity contribution in [1.82, 2.24) is 10.3 Å². The monoisotopic (exact) mass is 282 g/mol. The first-order valence-electron chi connectivity index (χ1n) is 7.71. The van der Waals surface area contributed by atoms with Crippen LogP contribution in [0, 0.1) is 0 Å². The quantitative estimate of drug-likeness (QED) is 0.807. The van der Waals surface area contributed by atoms with Crippen LogP contribution in [0.1, 0.15) is 30.2 Å². The van der Waals surface area contributed by atoms with E-state index in [4.69, 9.17) is 4.74 Å². The topological polar surface area (TPSA) is 34.1 Å². The van der Waals surface area contributed by atoms with Gasteiger partial charge in [0.2, 0.25) is 0 Å². The molecule has 0 radical (unpaired) electrons. The number of aromatic nitrogens is 1. The van der Waals surface area contributed by atoms with E-state index < -0.39 is 0 Å². The lowest BCUT2D eigenvalue weighted by Crippen LogP contribution is -2.25. The van der Waals surface area contributed by atoms with Crippen molar-refractivity contribution in [2.75, 3.05) is 13.2 Å². The Bertz CT molecular complexity index is 525. The Kier molecular flexibility index (Phi) is 4.98. The molecular formula is C18H22N2O. The van der Waals surface area contributed by atoms with Gasteiger partial charge in [-0.3, -0.25) is 4.98 Å². The van der Waals surface area contributed by atoms with E-state index in [0.717, 1.165) is 18.7 Å². The molecule has 1 aromatic carbocycles. The third-order valence-corrected chi connectivity index (χ3v) is 3.74. The van der Waals surface area contributed by atoms with Crippen molar-refractivity contribution in [3.63, 3.8) is 0 Å². The Balaban J connectivity index is 1.53. The van der Waals surface area contributed by atoms with Crippen LogP contribution < -0.4 is 5.32 Å². The molecule has 1 fully saturated rings. The highest BCUT2D eigenvalue weighted by Crippen LogP contribution is 2.22. The van der Waals surface area contributed by atoms with Crippen LogP contribution in [-0.4, -0.2) is 24.2 Å². The molecule has 1 atom stereocenters. The van der Waals surface area contributed by atoms with Crippen molar-refractivity contribution >= 4 is 0 Å². The SMILES string of the molecule is c1ccc(C(CNC2CC2)OCCc2ccccn2)cc1. The molecule has 1 aliphatic rings. The zero-order valence-corrected chi connectivity index (χ0v) is 12.2. The van der Waals surface area contributed by atoms with E-state index in [2.05, 4.69) is 34.6 Å². The van der Waals surface area contributed by atoms with Gasteiger partial charge in [0.1, 0.15) is 0 Å². The Morgan fingerprint density at radius 2 is 1.90 bits per heavy atom. The van der Waals surface area contributed by atoms with E-state index in [1.165, 1.54) is 18.4 Å². The van der Waals surface area contributed by atoms with Crippen LogP contribution in [0.25, 0.3) is 0 Å². The molecule has 1 N–H and O–H groups in total. The van der Waals surface area contributed by atoms with Gasteiger partial charge < -0.3 is 10.1 Å². The van der Waals surface area contributed by atoms with Crippen LogP contribution in [0.2, 0.25) is 0 Å². The van der Waals surface area contributed by atoms with Gasteiger partial charge in [0.05, 0.1) is 12.7 Å². The van der Waals surface area contributed by atoms with Crippen LogP contribution in [0.5, 0.6) is 0 Å². The first-order chi connectivity index (χ1) is 10.4. The lowest BCUT2D eigenvalue weighted by molar-refractivity contribution is 0.0540. The van der Waals surface area contributed by atoms with Crippen molar-refractivity contribution in [2.45, 2.75) is 31.4 Å². The molecule has 0 bridgehead atoms. The van der Waals surface area contributed by atoms with E-state index in [0.29, 0.717) is 12.6 Å². The molecule has 0 aliphatic heterocycles. The number of hydrogen-bond acceptors (Lipinski definition) is 3. The van der Waals surface area contributed by atoms with Gasteiger partial charge in [-0.25, -0.2) is 0 Å². The molecule has 1 heterocycles. The molecule has 1 saturated carbocycles. The van der Waals surface area contributed by atoms with Crippen LogP contribution in [0.4, 0.5) is 0 Å². The van der Waals surface area contributed by atoms with E-state index in [9.17, 15) is 0 Å². The predicted octanol–water partition coefficient (Wildman–Crippen LogP) is 3.13. The van der Waals surface area contributed by atoms with Crippen molar-refractivity contribution in [2.24, 2.45) is 0 Å². The first kappa shape index (κ1) is 14.2. The van der Waals surface area contributed by atoms with Crippen LogP contribution in [0.15, 0.2) is 54.7 Å². The average Bonchev–Trinajstić information content (AvgIpc) is 3.37. The second-order valence-corrected chi connectivity index (χ2v) is 5.52. The fourth-order valence-corrected chi connectivity index (χ4v) is 2.35. The number of benzene rings is 1. The second-order valence-electron chi connectivity index (χ2n) is 5.52. The highest BCUT2D eigenvalue weighted by molar-refractivity contribution is 5.18. The van der Waals surface area contributed by atoms with Gasteiger partial charge >= 0.3 is 0 Å². The summed E-state index contributed by atoms with van der Waals surface area (Å²) in [6.07, 6.45) is 5.41. The molecule has 0 saturated heterocycles. The lowest BCUT2D eigenvalue weighted by atomic mass is 10.1. The molecule has 3 rings (SSSR count). The molecule has 3 heteroatoms. The minimum Gasteiger partial charge on any atom is -0.372 e. The van der Waals surface area contributed by atoms with Gasteiger partial charge in [-0.1, -0.05) is 36.4 Å². The standard InChI is InChI=1S/C18H22N2O/c1-2-6-15(7-3-1)18(14-20-17-9-10-17)21-13-11-16-8-4-5-12-19-16/h1-8,12,17-18,20H,9-11,13-14H2. The summed E-state index contributed by atoms with van der Waals surface area (Å²) in [5.41, 5.74) is 2.33. The number of pyridine rings is 1. The third kappa shape index (κ3) is 4.66. The number of ether oxygens (including phenoxy) is 1.